The summed E-state index contributed by atoms with van der Waals surface area (Å²) in [5, 5.41) is 8.18. The molecule has 0 bridgehead atoms. The van der Waals surface area contributed by atoms with E-state index in [1.54, 1.807) is 0 Å². The van der Waals surface area contributed by atoms with Crippen molar-refractivity contribution < 1.29 is 27.4 Å². The van der Waals surface area contributed by atoms with E-state index < -0.39 is 29.1 Å². The van der Waals surface area contributed by atoms with Gasteiger partial charge < -0.3 is 25.4 Å². The Kier molecular flexibility index (Phi) is 4.78. The number of hydrogen-bond donors (Lipinski definition) is 3. The van der Waals surface area contributed by atoms with E-state index in [9.17, 15) is 18.0 Å². The van der Waals surface area contributed by atoms with Crippen molar-refractivity contribution in [2.24, 2.45) is 0 Å². The maximum absolute atomic E-state index is 14.2. The lowest BCUT2D eigenvalue weighted by atomic mass is 10.1. The minimum absolute atomic E-state index is 0.00566. The van der Waals surface area contributed by atoms with E-state index in [1.807, 2.05) is 0 Å². The van der Waals surface area contributed by atoms with Crippen molar-refractivity contribution >= 4 is 28.9 Å². The van der Waals surface area contributed by atoms with Gasteiger partial charge in [0.25, 0.3) is 5.91 Å². The van der Waals surface area contributed by atoms with Crippen molar-refractivity contribution in [1.29, 1.82) is 0 Å². The topological polar surface area (TPSA) is 97.4 Å². The van der Waals surface area contributed by atoms with E-state index in [-0.39, 0.29) is 40.1 Å². The quantitative estimate of drug-likeness (QED) is 0.464. The third-order valence-electron chi connectivity index (χ3n) is 4.29. The first-order valence-corrected chi connectivity index (χ1v) is 8.57. The number of anilines is 4. The molecule has 0 unspecified atom stereocenters. The number of hydrogen-bond acceptors (Lipinski definition) is 7. The van der Waals surface area contributed by atoms with E-state index in [0.29, 0.717) is 0 Å². The average molecular weight is 417 g/mol. The summed E-state index contributed by atoms with van der Waals surface area (Å²) >= 11 is 0. The number of ether oxygens (including phenoxy) is 2. The fourth-order valence-corrected chi connectivity index (χ4v) is 2.89. The number of aromatic nitrogens is 2. The predicted octanol–water partition coefficient (Wildman–Crippen LogP) is 3.86. The van der Waals surface area contributed by atoms with E-state index in [0.717, 1.165) is 12.3 Å². The Bertz CT molecular complexity index is 1160. The molecule has 1 aliphatic rings. The van der Waals surface area contributed by atoms with Crippen molar-refractivity contribution in [2.75, 3.05) is 24.8 Å². The van der Waals surface area contributed by atoms with Gasteiger partial charge in [-0.25, -0.2) is 18.7 Å². The van der Waals surface area contributed by atoms with Gasteiger partial charge in [-0.2, -0.15) is 4.39 Å². The van der Waals surface area contributed by atoms with Gasteiger partial charge in [0.2, 0.25) is 5.82 Å². The summed E-state index contributed by atoms with van der Waals surface area (Å²) in [4.78, 5) is 20.3. The molecule has 3 aromatic rings. The van der Waals surface area contributed by atoms with Gasteiger partial charge in [0.05, 0.1) is 18.9 Å². The van der Waals surface area contributed by atoms with Crippen LogP contribution in [0.2, 0.25) is 0 Å². The molecular formula is C19H14F3N5O3. The monoisotopic (exact) mass is 417 g/mol. The number of carbonyl (C=O) groups is 1. The SMILES string of the molecule is CNC(=O)c1cnc(Nc2ccc(F)cn2)c2c1Nc1c(cc(F)c(F)c1OC)O2. The molecule has 11 heteroatoms. The van der Waals surface area contributed by atoms with Gasteiger partial charge in [0, 0.05) is 19.3 Å². The molecule has 30 heavy (non-hydrogen) atoms. The Hall–Kier alpha value is -4.02. The van der Waals surface area contributed by atoms with Gasteiger partial charge in [-0.3, -0.25) is 4.79 Å². The summed E-state index contributed by atoms with van der Waals surface area (Å²) in [6.07, 6.45) is 2.27. The highest BCUT2D eigenvalue weighted by molar-refractivity contribution is 6.03. The molecule has 1 aliphatic heterocycles. The molecule has 4 rings (SSSR count). The Labute approximate surface area is 168 Å². The zero-order valence-electron chi connectivity index (χ0n) is 15.6. The average Bonchev–Trinajstić information content (AvgIpc) is 2.75. The molecule has 154 valence electrons. The van der Waals surface area contributed by atoms with Gasteiger partial charge in [0.15, 0.2) is 28.9 Å². The first kappa shape index (κ1) is 19.3. The van der Waals surface area contributed by atoms with Crippen LogP contribution < -0.4 is 25.4 Å². The number of amides is 1. The molecule has 8 nitrogen and oxygen atoms in total. The van der Waals surface area contributed by atoms with Crippen molar-refractivity contribution in [3.8, 4) is 17.2 Å². The Morgan fingerprint density at radius 3 is 2.63 bits per heavy atom. The molecule has 0 spiro atoms. The van der Waals surface area contributed by atoms with Crippen molar-refractivity contribution in [1.82, 2.24) is 15.3 Å². The maximum atomic E-state index is 14.2. The minimum Gasteiger partial charge on any atom is -0.491 e. The molecular weight excluding hydrogens is 403 g/mol. The number of nitrogens with one attached hydrogen (secondary N) is 3. The lowest BCUT2D eigenvalue weighted by Crippen LogP contribution is -2.21. The van der Waals surface area contributed by atoms with E-state index in [2.05, 4.69) is 25.9 Å². The first-order chi connectivity index (χ1) is 14.4. The number of pyridine rings is 2. The Morgan fingerprint density at radius 2 is 1.97 bits per heavy atom. The summed E-state index contributed by atoms with van der Waals surface area (Å²) in [5.74, 6) is -3.51. The molecule has 0 aliphatic carbocycles. The van der Waals surface area contributed by atoms with Crippen LogP contribution in [0.1, 0.15) is 10.4 Å². The lowest BCUT2D eigenvalue weighted by Gasteiger charge is -2.26. The normalized spacial score (nSPS) is 11.5. The van der Waals surface area contributed by atoms with Crippen LogP contribution in [0.4, 0.5) is 36.2 Å². The van der Waals surface area contributed by atoms with Gasteiger partial charge in [-0.1, -0.05) is 0 Å². The third kappa shape index (κ3) is 3.19. The predicted molar refractivity (Wildman–Crippen MR) is 101 cm³/mol. The zero-order chi connectivity index (χ0) is 21.4. The maximum Gasteiger partial charge on any atom is 0.254 e. The number of benzene rings is 1. The summed E-state index contributed by atoms with van der Waals surface area (Å²) in [6, 6.07) is 3.41. The number of halogens is 3. The van der Waals surface area contributed by atoms with Gasteiger partial charge in [-0.05, 0) is 12.1 Å². The van der Waals surface area contributed by atoms with Crippen LogP contribution in [0.5, 0.6) is 17.2 Å². The molecule has 0 atom stereocenters. The standard InChI is InChI=1S/C19H14F3N5O3/c1-23-19(28)9-7-25-18(26-12-4-3-8(20)6-24-12)17-14(9)27-15-11(30-17)5-10(21)13(22)16(15)29-2/h3-7,27H,1-2H3,(H,23,28)(H,24,25,26). The first-order valence-electron chi connectivity index (χ1n) is 8.57. The highest BCUT2D eigenvalue weighted by atomic mass is 19.2. The third-order valence-corrected chi connectivity index (χ3v) is 4.29. The van der Waals surface area contributed by atoms with Crippen LogP contribution in [-0.4, -0.2) is 30.0 Å². The Morgan fingerprint density at radius 1 is 1.17 bits per heavy atom. The van der Waals surface area contributed by atoms with Gasteiger partial charge >= 0.3 is 0 Å². The second-order valence-electron chi connectivity index (χ2n) is 6.10. The molecule has 2 aromatic heterocycles. The van der Waals surface area contributed by atoms with Crippen molar-refractivity contribution in [3.63, 3.8) is 0 Å². The number of fused-ring (bicyclic) bond motifs is 2. The number of nitrogens with zero attached hydrogens (tertiary/aromatic N) is 2. The summed E-state index contributed by atoms with van der Waals surface area (Å²) in [7, 11) is 2.60. The number of rotatable bonds is 4. The molecule has 3 N–H and O–H groups in total. The molecule has 0 saturated carbocycles. The minimum atomic E-state index is -1.21. The van der Waals surface area contributed by atoms with E-state index in [1.165, 1.54) is 32.5 Å². The van der Waals surface area contributed by atoms with Crippen LogP contribution in [-0.2, 0) is 0 Å². The van der Waals surface area contributed by atoms with Crippen molar-refractivity contribution in [2.45, 2.75) is 0 Å². The molecule has 3 heterocycles. The molecule has 0 fully saturated rings. The number of methoxy groups -OCH3 is 1. The zero-order valence-corrected chi connectivity index (χ0v) is 15.6. The van der Waals surface area contributed by atoms with Crippen LogP contribution in [0.25, 0.3) is 0 Å². The summed E-state index contributed by atoms with van der Waals surface area (Å²) in [5.41, 5.74) is 0.236. The van der Waals surface area contributed by atoms with Crippen LogP contribution in [0.15, 0.2) is 30.6 Å². The van der Waals surface area contributed by atoms with Crippen LogP contribution in [0.3, 0.4) is 0 Å². The van der Waals surface area contributed by atoms with Crippen LogP contribution >= 0.6 is 0 Å². The summed E-state index contributed by atoms with van der Waals surface area (Å²) in [6.45, 7) is 0. The van der Waals surface area contributed by atoms with E-state index in [4.69, 9.17) is 9.47 Å². The fourth-order valence-electron chi connectivity index (χ4n) is 2.89. The Balaban J connectivity index is 1.85. The second kappa shape index (κ2) is 7.43. The molecule has 0 radical (unpaired) electrons. The smallest absolute Gasteiger partial charge is 0.254 e. The highest BCUT2D eigenvalue weighted by Gasteiger charge is 2.31. The second-order valence-corrected chi connectivity index (χ2v) is 6.10. The van der Waals surface area contributed by atoms with Crippen LogP contribution in [0, 0.1) is 17.5 Å². The molecule has 1 aromatic carbocycles. The largest absolute Gasteiger partial charge is 0.491 e. The molecule has 0 saturated heterocycles. The fraction of sp³-hybridized carbons (Fsp3) is 0.105. The summed E-state index contributed by atoms with van der Waals surface area (Å²) < 4.78 is 52.0. The van der Waals surface area contributed by atoms with Gasteiger partial charge in [-0.15, -0.1) is 0 Å². The lowest BCUT2D eigenvalue weighted by molar-refractivity contribution is 0.0963. The van der Waals surface area contributed by atoms with Gasteiger partial charge in [0.1, 0.15) is 23.0 Å². The highest BCUT2D eigenvalue weighted by Crippen LogP contribution is 2.51. The number of carbonyl (C=O) groups excluding carboxylic acids is 1. The van der Waals surface area contributed by atoms with Crippen molar-refractivity contribution in [3.05, 3.63) is 53.6 Å². The molecule has 1 amide bonds. The van der Waals surface area contributed by atoms with E-state index >= 15 is 0 Å².